The van der Waals surface area contributed by atoms with E-state index in [0.29, 0.717) is 20.6 Å². The topological polar surface area (TPSA) is 74.9 Å². The van der Waals surface area contributed by atoms with Crippen molar-refractivity contribution in [2.24, 2.45) is 10.2 Å². The lowest BCUT2D eigenvalue weighted by Gasteiger charge is -2.03. The molecule has 0 amide bonds. The van der Waals surface area contributed by atoms with Gasteiger partial charge in [0.05, 0.1) is 11.9 Å². The molecular weight excluding hydrogens is 373 g/mol. The minimum atomic E-state index is -0.349. The summed E-state index contributed by atoms with van der Waals surface area (Å²) < 4.78 is 12.9. The summed E-state index contributed by atoms with van der Waals surface area (Å²) in [6.07, 6.45) is 1.48. The number of carbonyl (C=O) groups excluding carboxylic acids is 1. The highest BCUT2D eigenvalue weighted by molar-refractivity contribution is 8.14. The molecular formula is C18H14FN3O2S2. The Morgan fingerprint density at radius 3 is 2.46 bits per heavy atom. The Morgan fingerprint density at radius 1 is 1.15 bits per heavy atom. The molecule has 132 valence electrons. The molecule has 0 aliphatic heterocycles. The van der Waals surface area contributed by atoms with E-state index >= 15 is 0 Å². The van der Waals surface area contributed by atoms with Crippen molar-refractivity contribution in [3.05, 3.63) is 64.5 Å². The molecule has 0 fully saturated rings. The zero-order chi connectivity index (χ0) is 18.7. The van der Waals surface area contributed by atoms with Crippen LogP contribution in [0.3, 0.4) is 0 Å². The molecule has 0 radical (unpaired) electrons. The van der Waals surface area contributed by atoms with Crippen molar-refractivity contribution in [3.8, 4) is 5.75 Å². The minimum absolute atomic E-state index is 0.237. The van der Waals surface area contributed by atoms with Gasteiger partial charge in [-0.25, -0.2) is 9.37 Å². The van der Waals surface area contributed by atoms with Crippen molar-refractivity contribution in [2.75, 3.05) is 0 Å². The first-order valence-electron chi connectivity index (χ1n) is 7.58. The third kappa shape index (κ3) is 4.33. The van der Waals surface area contributed by atoms with Crippen molar-refractivity contribution in [2.45, 2.75) is 18.7 Å². The number of aromatic nitrogens is 1. The molecule has 8 heteroatoms. The number of phenols is 1. The monoisotopic (exact) mass is 387 g/mol. The fraction of sp³-hybridized carbons (Fsp3) is 0.111. The van der Waals surface area contributed by atoms with E-state index in [1.165, 1.54) is 18.3 Å². The number of azo groups is 1. The molecule has 1 N–H and O–H groups in total. The van der Waals surface area contributed by atoms with Crippen LogP contribution in [0.5, 0.6) is 5.75 Å². The number of hydrogen-bond donors (Lipinski definition) is 1. The van der Waals surface area contributed by atoms with Gasteiger partial charge < -0.3 is 5.11 Å². The van der Waals surface area contributed by atoms with Gasteiger partial charge in [0, 0.05) is 4.90 Å². The van der Waals surface area contributed by atoms with Gasteiger partial charge in [0.15, 0.2) is 10.0 Å². The number of rotatable bonds is 4. The number of thiazole rings is 1. The van der Waals surface area contributed by atoms with E-state index in [-0.39, 0.29) is 16.7 Å². The van der Waals surface area contributed by atoms with Crippen LogP contribution in [0.15, 0.2) is 57.7 Å². The van der Waals surface area contributed by atoms with E-state index in [1.807, 2.05) is 0 Å². The number of nitrogens with zero attached hydrogens (tertiary/aromatic N) is 3. The summed E-state index contributed by atoms with van der Waals surface area (Å²) in [6.45, 7) is 3.58. The highest BCUT2D eigenvalue weighted by atomic mass is 32.2. The number of thioether (sulfide) groups is 1. The number of halogens is 1. The quantitative estimate of drug-likeness (QED) is 0.443. The summed E-state index contributed by atoms with van der Waals surface area (Å²) in [4.78, 5) is 16.9. The maximum absolute atomic E-state index is 12.9. The Morgan fingerprint density at radius 2 is 1.81 bits per heavy atom. The van der Waals surface area contributed by atoms with E-state index in [2.05, 4.69) is 15.2 Å². The first-order chi connectivity index (χ1) is 12.4. The summed E-state index contributed by atoms with van der Waals surface area (Å²) in [7, 11) is 0. The summed E-state index contributed by atoms with van der Waals surface area (Å²) in [5.74, 6) is -0.106. The first-order valence-corrected chi connectivity index (χ1v) is 9.21. The summed E-state index contributed by atoms with van der Waals surface area (Å²) in [5, 5.41) is 18.6. The zero-order valence-corrected chi connectivity index (χ0v) is 15.6. The van der Waals surface area contributed by atoms with Crippen LogP contribution in [0.4, 0.5) is 15.1 Å². The van der Waals surface area contributed by atoms with Crippen LogP contribution >= 0.6 is 23.1 Å². The highest BCUT2D eigenvalue weighted by Gasteiger charge is 2.13. The van der Waals surface area contributed by atoms with Crippen molar-refractivity contribution < 1.29 is 14.3 Å². The Bertz CT molecular complexity index is 961. The average Bonchev–Trinajstić information content (AvgIpc) is 3.09. The first kappa shape index (κ1) is 18.2. The van der Waals surface area contributed by atoms with Gasteiger partial charge in [0.1, 0.15) is 11.6 Å². The van der Waals surface area contributed by atoms with Gasteiger partial charge in [-0.15, -0.1) is 10.2 Å². The number of aromatic hydroxyl groups is 1. The SMILES string of the molecule is Cc1cc(N=Nc2cnc(C(=O)Sc3ccc(F)cc3)s2)cc(C)c1O. The second kappa shape index (κ2) is 7.76. The molecule has 1 heterocycles. The Balaban J connectivity index is 1.71. The van der Waals surface area contributed by atoms with E-state index < -0.39 is 0 Å². The van der Waals surface area contributed by atoms with E-state index in [0.717, 1.165) is 34.2 Å². The van der Waals surface area contributed by atoms with Gasteiger partial charge in [-0.1, -0.05) is 11.3 Å². The summed E-state index contributed by atoms with van der Waals surface area (Å²) in [6, 6.07) is 9.15. The minimum Gasteiger partial charge on any atom is -0.507 e. The van der Waals surface area contributed by atoms with Gasteiger partial charge in [0.2, 0.25) is 0 Å². The molecule has 1 aromatic heterocycles. The third-order valence-corrected chi connectivity index (χ3v) is 5.33. The molecule has 0 unspecified atom stereocenters. The summed E-state index contributed by atoms with van der Waals surface area (Å²) >= 11 is 2.11. The molecule has 0 aliphatic carbocycles. The maximum atomic E-state index is 12.9. The largest absolute Gasteiger partial charge is 0.507 e. The van der Waals surface area contributed by atoms with E-state index in [9.17, 15) is 14.3 Å². The second-order valence-corrected chi connectivity index (χ2v) is 7.53. The number of aryl methyl sites for hydroxylation is 2. The summed E-state index contributed by atoms with van der Waals surface area (Å²) in [5.41, 5.74) is 2.05. The molecule has 3 aromatic rings. The van der Waals surface area contributed by atoms with Crippen molar-refractivity contribution in [1.29, 1.82) is 0 Å². The molecule has 5 nitrogen and oxygen atoms in total. The van der Waals surface area contributed by atoms with Gasteiger partial charge in [-0.3, -0.25) is 4.79 Å². The molecule has 0 bridgehead atoms. The van der Waals surface area contributed by atoms with Crippen LogP contribution in [0.2, 0.25) is 0 Å². The average molecular weight is 387 g/mol. The van der Waals surface area contributed by atoms with Crippen LogP contribution in [0.25, 0.3) is 0 Å². The lowest BCUT2D eigenvalue weighted by molar-refractivity contribution is 0.108. The molecule has 2 aromatic carbocycles. The highest BCUT2D eigenvalue weighted by Crippen LogP contribution is 2.31. The van der Waals surface area contributed by atoms with Gasteiger partial charge in [0.25, 0.3) is 5.12 Å². The number of phenolic OH excluding ortho intramolecular Hbond substituents is 1. The number of benzene rings is 2. The number of carbonyl (C=O) groups is 1. The Labute approximate surface area is 157 Å². The fourth-order valence-corrected chi connectivity index (χ4v) is 3.61. The third-order valence-electron chi connectivity index (χ3n) is 3.43. The van der Waals surface area contributed by atoms with Crippen LogP contribution in [-0.2, 0) is 0 Å². The molecule has 0 aliphatic rings. The van der Waals surface area contributed by atoms with Crippen LogP contribution in [0, 0.1) is 19.7 Å². The fourth-order valence-electron chi connectivity index (χ4n) is 2.16. The molecule has 0 saturated heterocycles. The van der Waals surface area contributed by atoms with Crippen molar-refractivity contribution >= 4 is 38.9 Å². The van der Waals surface area contributed by atoms with Crippen molar-refractivity contribution in [1.82, 2.24) is 4.98 Å². The van der Waals surface area contributed by atoms with Crippen LogP contribution in [0.1, 0.15) is 20.9 Å². The molecule has 0 spiro atoms. The molecule has 0 atom stereocenters. The van der Waals surface area contributed by atoms with E-state index in [1.54, 1.807) is 38.1 Å². The molecule has 26 heavy (non-hydrogen) atoms. The molecule has 0 saturated carbocycles. The zero-order valence-electron chi connectivity index (χ0n) is 13.9. The lowest BCUT2D eigenvalue weighted by Crippen LogP contribution is -1.91. The predicted molar refractivity (Wildman–Crippen MR) is 100 cm³/mol. The van der Waals surface area contributed by atoms with Gasteiger partial charge in [-0.2, -0.15) is 0 Å². The number of hydrogen-bond acceptors (Lipinski definition) is 7. The second-order valence-electron chi connectivity index (χ2n) is 5.48. The maximum Gasteiger partial charge on any atom is 0.252 e. The lowest BCUT2D eigenvalue weighted by atomic mass is 10.1. The van der Waals surface area contributed by atoms with Gasteiger partial charge in [-0.05, 0) is 73.1 Å². The predicted octanol–water partition coefficient (Wildman–Crippen LogP) is 5.95. The van der Waals surface area contributed by atoms with Gasteiger partial charge >= 0.3 is 0 Å². The van der Waals surface area contributed by atoms with Crippen molar-refractivity contribution in [3.63, 3.8) is 0 Å². The molecule has 3 rings (SSSR count). The Hall–Kier alpha value is -2.58. The van der Waals surface area contributed by atoms with Crippen LogP contribution < -0.4 is 0 Å². The smallest absolute Gasteiger partial charge is 0.252 e. The van der Waals surface area contributed by atoms with E-state index in [4.69, 9.17) is 0 Å². The normalized spacial score (nSPS) is 11.2. The standard InChI is InChI=1S/C18H14FN3O2S2/c1-10-7-13(8-11(2)16(10)23)21-22-15-9-20-17(26-15)18(24)25-14-5-3-12(19)4-6-14/h3-9,23H,1-2H3. The Kier molecular flexibility index (Phi) is 5.43. The van der Waals surface area contributed by atoms with Crippen LogP contribution in [-0.4, -0.2) is 15.2 Å².